The van der Waals surface area contributed by atoms with Gasteiger partial charge in [0.1, 0.15) is 6.04 Å². The third-order valence-corrected chi connectivity index (χ3v) is 7.61. The largest absolute Gasteiger partial charge is 0.478 e. The number of amides is 1. The molecule has 2 heterocycles. The number of nitrogens with one attached hydrogen (secondary N) is 1. The van der Waals surface area contributed by atoms with Gasteiger partial charge in [0, 0.05) is 31.2 Å². The summed E-state index contributed by atoms with van der Waals surface area (Å²) in [5.74, 6) is -1.07. The molecule has 3 aliphatic rings. The van der Waals surface area contributed by atoms with E-state index in [0.717, 1.165) is 49.6 Å². The van der Waals surface area contributed by atoms with Gasteiger partial charge < -0.3 is 15.3 Å². The summed E-state index contributed by atoms with van der Waals surface area (Å²) in [6.45, 7) is 7.74. The van der Waals surface area contributed by atoms with Crippen LogP contribution in [-0.4, -0.2) is 54.1 Å². The van der Waals surface area contributed by atoms with Crippen molar-refractivity contribution in [1.82, 2.24) is 4.90 Å². The van der Waals surface area contributed by atoms with Crippen molar-refractivity contribution >= 4 is 40.4 Å². The number of nitrogens with zero attached hydrogens (tertiary/aromatic N) is 2. The summed E-state index contributed by atoms with van der Waals surface area (Å²) in [7, 11) is 0. The minimum atomic E-state index is -0.996. The minimum absolute atomic E-state index is 0.0735. The topological polar surface area (TPSA) is 72.9 Å². The molecule has 5 rings (SSSR count). The summed E-state index contributed by atoms with van der Waals surface area (Å²) < 4.78 is 0. The lowest BCUT2D eigenvalue weighted by Gasteiger charge is -2.46. The Labute approximate surface area is 205 Å². The van der Waals surface area contributed by atoms with Crippen LogP contribution in [0.5, 0.6) is 0 Å². The number of rotatable bonds is 4. The summed E-state index contributed by atoms with van der Waals surface area (Å²) in [6, 6.07) is 12.8. The molecule has 0 aromatic heterocycles. The summed E-state index contributed by atoms with van der Waals surface area (Å²) in [5, 5.41) is 13.0. The lowest BCUT2D eigenvalue weighted by atomic mass is 9.72. The number of benzene rings is 2. The molecule has 34 heavy (non-hydrogen) atoms. The van der Waals surface area contributed by atoms with Crippen LogP contribution in [0.4, 0.5) is 11.4 Å². The molecular weight excluding hydrogens is 450 g/mol. The monoisotopic (exact) mass is 479 g/mol. The predicted octanol–water partition coefficient (Wildman–Crippen LogP) is 5.14. The van der Waals surface area contributed by atoms with Crippen molar-refractivity contribution in [3.63, 3.8) is 0 Å². The first-order chi connectivity index (χ1) is 16.2. The van der Waals surface area contributed by atoms with Crippen LogP contribution in [0.2, 0.25) is 5.02 Å². The Balaban J connectivity index is 1.38. The molecule has 0 unspecified atom stereocenters. The molecule has 178 valence electrons. The zero-order valence-electron chi connectivity index (χ0n) is 19.6. The fourth-order valence-corrected chi connectivity index (χ4v) is 5.69. The first kappa shape index (κ1) is 22.9. The lowest BCUT2D eigenvalue weighted by Crippen LogP contribution is -2.60. The van der Waals surface area contributed by atoms with Gasteiger partial charge in [-0.1, -0.05) is 43.2 Å². The first-order valence-corrected chi connectivity index (χ1v) is 12.2. The fourth-order valence-electron chi connectivity index (χ4n) is 5.57. The number of piperazine rings is 1. The summed E-state index contributed by atoms with van der Waals surface area (Å²) >= 11 is 6.13. The number of fused-ring (bicyclic) bond motifs is 3. The van der Waals surface area contributed by atoms with Crippen molar-refractivity contribution in [2.75, 3.05) is 36.4 Å². The molecule has 2 N–H and O–H groups in total. The molecule has 1 aliphatic carbocycles. The Bertz CT molecular complexity index is 1170. The number of hydrogen-bond donors (Lipinski definition) is 2. The molecule has 2 aliphatic heterocycles. The Morgan fingerprint density at radius 3 is 2.68 bits per heavy atom. The van der Waals surface area contributed by atoms with E-state index in [4.69, 9.17) is 11.6 Å². The van der Waals surface area contributed by atoms with Crippen LogP contribution >= 0.6 is 11.6 Å². The van der Waals surface area contributed by atoms with Crippen molar-refractivity contribution in [3.05, 3.63) is 64.2 Å². The van der Waals surface area contributed by atoms with Crippen molar-refractivity contribution in [1.29, 1.82) is 0 Å². The van der Waals surface area contributed by atoms with Gasteiger partial charge >= 0.3 is 5.97 Å². The van der Waals surface area contributed by atoms with E-state index in [1.165, 1.54) is 16.7 Å². The number of carbonyl (C=O) groups is 2. The second kappa shape index (κ2) is 8.75. The highest BCUT2D eigenvalue weighted by Crippen LogP contribution is 2.43. The van der Waals surface area contributed by atoms with Crippen molar-refractivity contribution in [3.8, 4) is 0 Å². The Morgan fingerprint density at radius 1 is 1.18 bits per heavy atom. The van der Waals surface area contributed by atoms with Crippen LogP contribution in [0, 0.1) is 5.41 Å². The van der Waals surface area contributed by atoms with E-state index in [2.05, 4.69) is 41.1 Å². The van der Waals surface area contributed by atoms with E-state index >= 15 is 0 Å². The number of carbonyl (C=O) groups excluding carboxylic acids is 1. The highest BCUT2D eigenvalue weighted by molar-refractivity contribution is 6.30. The zero-order chi connectivity index (χ0) is 24.0. The summed E-state index contributed by atoms with van der Waals surface area (Å²) in [6.07, 6.45) is 3.25. The average Bonchev–Trinajstić information content (AvgIpc) is 2.79. The molecule has 1 amide bonds. The number of aromatic carboxylic acids is 1. The lowest BCUT2D eigenvalue weighted by molar-refractivity contribution is -0.118. The minimum Gasteiger partial charge on any atom is -0.478 e. The molecule has 1 saturated heterocycles. The van der Waals surface area contributed by atoms with Crippen LogP contribution in [-0.2, 0) is 4.79 Å². The molecule has 1 atom stereocenters. The highest BCUT2D eigenvalue weighted by Gasteiger charge is 2.38. The van der Waals surface area contributed by atoms with Gasteiger partial charge in [-0.2, -0.15) is 0 Å². The predicted molar refractivity (Wildman–Crippen MR) is 136 cm³/mol. The van der Waals surface area contributed by atoms with Gasteiger partial charge in [0.2, 0.25) is 5.91 Å². The Hall–Kier alpha value is -2.83. The third kappa shape index (κ3) is 4.44. The third-order valence-electron chi connectivity index (χ3n) is 7.36. The van der Waals surface area contributed by atoms with E-state index in [-0.39, 0.29) is 22.9 Å². The Morgan fingerprint density at radius 2 is 1.94 bits per heavy atom. The van der Waals surface area contributed by atoms with E-state index < -0.39 is 5.97 Å². The fraction of sp³-hybridized carbons (Fsp3) is 0.407. The first-order valence-electron chi connectivity index (χ1n) is 11.8. The molecule has 0 bridgehead atoms. The number of hydrogen-bond acceptors (Lipinski definition) is 4. The molecule has 2 aromatic carbocycles. The maximum Gasteiger partial charge on any atom is 0.335 e. The number of halogens is 1. The van der Waals surface area contributed by atoms with Crippen molar-refractivity contribution < 1.29 is 14.7 Å². The van der Waals surface area contributed by atoms with Crippen LogP contribution in [0.1, 0.15) is 49.0 Å². The highest BCUT2D eigenvalue weighted by atomic mass is 35.5. The van der Waals surface area contributed by atoms with Crippen LogP contribution in [0.25, 0.3) is 5.57 Å². The molecule has 0 spiro atoms. The van der Waals surface area contributed by atoms with E-state index in [1.807, 2.05) is 18.2 Å². The van der Waals surface area contributed by atoms with E-state index in [1.54, 1.807) is 12.1 Å². The molecule has 0 radical (unpaired) electrons. The molecular formula is C27H30ClN3O3. The van der Waals surface area contributed by atoms with Gasteiger partial charge in [0.15, 0.2) is 0 Å². The zero-order valence-corrected chi connectivity index (χ0v) is 20.4. The quantitative estimate of drug-likeness (QED) is 0.634. The van der Waals surface area contributed by atoms with Crippen molar-refractivity contribution in [2.45, 2.75) is 39.2 Å². The van der Waals surface area contributed by atoms with Crippen LogP contribution in [0.3, 0.4) is 0 Å². The van der Waals surface area contributed by atoms with Gasteiger partial charge in [-0.25, -0.2) is 4.79 Å². The Kier molecular flexibility index (Phi) is 5.90. The SMILES string of the molecule is CC1(C)CCC(c2ccc(Cl)cc2)=C(CN2CCN3c4ccc(C(=O)O)cc4NC(=O)[C@@H]3C2)C1. The van der Waals surface area contributed by atoms with Gasteiger partial charge in [-0.15, -0.1) is 0 Å². The number of allylic oxidation sites excluding steroid dienone is 1. The normalized spacial score (nSPS) is 22.1. The number of carboxylic acids is 1. The smallest absolute Gasteiger partial charge is 0.335 e. The van der Waals surface area contributed by atoms with Gasteiger partial charge in [0.05, 0.1) is 16.9 Å². The second-order valence-electron chi connectivity index (χ2n) is 10.4. The maximum atomic E-state index is 13.0. The number of carboxylic acid groups (broad SMARTS) is 1. The number of anilines is 2. The maximum absolute atomic E-state index is 13.0. The van der Waals surface area contributed by atoms with Gasteiger partial charge in [0.25, 0.3) is 0 Å². The molecule has 6 nitrogen and oxygen atoms in total. The van der Waals surface area contributed by atoms with E-state index in [9.17, 15) is 14.7 Å². The summed E-state index contributed by atoms with van der Waals surface area (Å²) in [5.41, 5.74) is 6.03. The van der Waals surface area contributed by atoms with Gasteiger partial charge in [-0.05, 0) is 66.1 Å². The van der Waals surface area contributed by atoms with E-state index in [0.29, 0.717) is 12.2 Å². The van der Waals surface area contributed by atoms with Crippen molar-refractivity contribution in [2.24, 2.45) is 5.41 Å². The molecule has 7 heteroatoms. The molecule has 2 aromatic rings. The summed E-state index contributed by atoms with van der Waals surface area (Å²) in [4.78, 5) is 28.8. The standard InChI is InChI=1S/C27H30ClN3O3/c1-27(2)10-9-21(17-3-6-20(28)7-4-17)19(14-27)15-30-11-12-31-23-8-5-18(26(33)34)13-22(23)29-25(32)24(31)16-30/h3-8,13,24H,9-12,14-16H2,1-2H3,(H,29,32)(H,33,34)/t24-/m0/s1. The van der Waals surface area contributed by atoms with Gasteiger partial charge in [-0.3, -0.25) is 9.69 Å². The van der Waals surface area contributed by atoms with Crippen LogP contribution in [0.15, 0.2) is 48.0 Å². The molecule has 1 fully saturated rings. The molecule has 0 saturated carbocycles. The second-order valence-corrected chi connectivity index (χ2v) is 10.8. The van der Waals surface area contributed by atoms with Crippen LogP contribution < -0.4 is 10.2 Å². The average molecular weight is 480 g/mol.